The quantitative estimate of drug-likeness (QED) is 0.920. The average Bonchev–Trinajstić information content (AvgIpc) is 2.94. The molecule has 3 heteroatoms. The molecule has 2 heterocycles. The van der Waals surface area contributed by atoms with E-state index in [2.05, 4.69) is 28.5 Å². The van der Waals surface area contributed by atoms with E-state index in [4.69, 9.17) is 0 Å². The van der Waals surface area contributed by atoms with E-state index in [0.717, 1.165) is 31.5 Å². The first-order valence-corrected chi connectivity index (χ1v) is 7.74. The predicted molar refractivity (Wildman–Crippen MR) is 80.8 cm³/mol. The molecule has 2 nitrogen and oxygen atoms in total. The molecule has 19 heavy (non-hydrogen) atoms. The van der Waals surface area contributed by atoms with Gasteiger partial charge in [0.1, 0.15) is 0 Å². The van der Waals surface area contributed by atoms with Crippen LogP contribution in [0, 0.1) is 0 Å². The Kier molecular flexibility index (Phi) is 3.58. The van der Waals surface area contributed by atoms with Gasteiger partial charge in [-0.05, 0) is 47.5 Å². The van der Waals surface area contributed by atoms with Crippen LogP contribution < -0.4 is 4.90 Å². The van der Waals surface area contributed by atoms with Crippen LogP contribution in [0.4, 0.5) is 5.69 Å². The summed E-state index contributed by atoms with van der Waals surface area (Å²) >= 11 is 1.87. The standard InChI is InChI=1S/C16H19NOS/c1-2-15(18)12-3-5-14(6-4-12)17-9-7-16-13(11-17)8-10-19-16/h3-6,8,10,15,18H,2,7,9,11H2,1H3. The molecule has 1 unspecified atom stereocenters. The minimum absolute atomic E-state index is 0.334. The van der Waals surface area contributed by atoms with Gasteiger partial charge in [0.2, 0.25) is 0 Å². The number of anilines is 1. The van der Waals surface area contributed by atoms with Gasteiger partial charge in [0.25, 0.3) is 0 Å². The van der Waals surface area contributed by atoms with E-state index in [1.54, 1.807) is 0 Å². The molecule has 1 aromatic carbocycles. The minimum Gasteiger partial charge on any atom is -0.388 e. The Morgan fingerprint density at radius 2 is 2.05 bits per heavy atom. The number of aliphatic hydroxyl groups is 1. The molecule has 1 aliphatic rings. The van der Waals surface area contributed by atoms with Crippen molar-refractivity contribution in [3.05, 3.63) is 51.7 Å². The Hall–Kier alpha value is -1.32. The highest BCUT2D eigenvalue weighted by atomic mass is 32.1. The van der Waals surface area contributed by atoms with Crippen LogP contribution in [0.25, 0.3) is 0 Å². The number of benzene rings is 1. The summed E-state index contributed by atoms with van der Waals surface area (Å²) in [5, 5.41) is 12.0. The molecule has 2 aromatic rings. The van der Waals surface area contributed by atoms with Crippen molar-refractivity contribution in [3.8, 4) is 0 Å². The van der Waals surface area contributed by atoms with Gasteiger partial charge in [-0.25, -0.2) is 0 Å². The first kappa shape index (κ1) is 12.7. The van der Waals surface area contributed by atoms with Crippen LogP contribution in [0.3, 0.4) is 0 Å². The summed E-state index contributed by atoms with van der Waals surface area (Å²) in [6.07, 6.45) is 1.58. The molecule has 3 rings (SSSR count). The number of hydrogen-bond acceptors (Lipinski definition) is 3. The van der Waals surface area contributed by atoms with Gasteiger partial charge in [0.15, 0.2) is 0 Å². The van der Waals surface area contributed by atoms with Crippen molar-refractivity contribution in [3.63, 3.8) is 0 Å². The van der Waals surface area contributed by atoms with E-state index < -0.39 is 0 Å². The van der Waals surface area contributed by atoms with Crippen molar-refractivity contribution < 1.29 is 5.11 Å². The smallest absolute Gasteiger partial charge is 0.0787 e. The third-order valence-electron chi connectivity index (χ3n) is 3.84. The highest BCUT2D eigenvalue weighted by molar-refractivity contribution is 7.10. The highest BCUT2D eigenvalue weighted by Crippen LogP contribution is 2.28. The van der Waals surface area contributed by atoms with Gasteiger partial charge in [0.05, 0.1) is 6.10 Å². The van der Waals surface area contributed by atoms with Crippen molar-refractivity contribution in [2.24, 2.45) is 0 Å². The van der Waals surface area contributed by atoms with Crippen LogP contribution in [0.2, 0.25) is 0 Å². The van der Waals surface area contributed by atoms with Crippen molar-refractivity contribution >= 4 is 17.0 Å². The zero-order valence-corrected chi connectivity index (χ0v) is 12.0. The van der Waals surface area contributed by atoms with Crippen LogP contribution in [0.1, 0.15) is 35.5 Å². The SMILES string of the molecule is CCC(O)c1ccc(N2CCc3sccc3C2)cc1. The molecule has 1 aliphatic heterocycles. The van der Waals surface area contributed by atoms with Crippen LogP contribution in [0.5, 0.6) is 0 Å². The van der Waals surface area contributed by atoms with E-state index in [0.29, 0.717) is 0 Å². The molecule has 0 saturated carbocycles. The van der Waals surface area contributed by atoms with E-state index in [-0.39, 0.29) is 6.10 Å². The second kappa shape index (κ2) is 5.35. The Morgan fingerprint density at radius 3 is 2.79 bits per heavy atom. The third-order valence-corrected chi connectivity index (χ3v) is 4.86. The summed E-state index contributed by atoms with van der Waals surface area (Å²) in [5.74, 6) is 0. The van der Waals surface area contributed by atoms with Crippen LogP contribution in [-0.2, 0) is 13.0 Å². The fourth-order valence-corrected chi connectivity index (χ4v) is 3.50. The zero-order chi connectivity index (χ0) is 13.2. The van der Waals surface area contributed by atoms with Gasteiger partial charge in [0, 0.05) is 23.7 Å². The topological polar surface area (TPSA) is 23.5 Å². The lowest BCUT2D eigenvalue weighted by Gasteiger charge is -2.29. The molecule has 0 bridgehead atoms. The Morgan fingerprint density at radius 1 is 1.26 bits per heavy atom. The normalized spacial score (nSPS) is 16.2. The molecule has 0 amide bonds. The molecule has 0 fully saturated rings. The number of nitrogens with zero attached hydrogens (tertiary/aromatic N) is 1. The fraction of sp³-hybridized carbons (Fsp3) is 0.375. The summed E-state index contributed by atoms with van der Waals surface area (Å²) in [6, 6.07) is 10.6. The molecule has 0 radical (unpaired) electrons. The van der Waals surface area contributed by atoms with Crippen molar-refractivity contribution in [1.29, 1.82) is 0 Å². The fourth-order valence-electron chi connectivity index (χ4n) is 2.61. The van der Waals surface area contributed by atoms with E-state index in [1.807, 2.05) is 30.4 Å². The minimum atomic E-state index is -0.334. The van der Waals surface area contributed by atoms with Gasteiger partial charge in [-0.2, -0.15) is 0 Å². The monoisotopic (exact) mass is 273 g/mol. The average molecular weight is 273 g/mol. The number of rotatable bonds is 3. The molecule has 1 aromatic heterocycles. The largest absolute Gasteiger partial charge is 0.388 e. The van der Waals surface area contributed by atoms with Gasteiger partial charge < -0.3 is 10.0 Å². The Labute approximate surface area is 118 Å². The number of hydrogen-bond donors (Lipinski definition) is 1. The molecular weight excluding hydrogens is 254 g/mol. The van der Waals surface area contributed by atoms with Crippen molar-refractivity contribution in [2.75, 3.05) is 11.4 Å². The van der Waals surface area contributed by atoms with Crippen LogP contribution in [0.15, 0.2) is 35.7 Å². The lowest BCUT2D eigenvalue weighted by Crippen LogP contribution is -2.29. The summed E-state index contributed by atoms with van der Waals surface area (Å²) in [4.78, 5) is 3.95. The highest BCUT2D eigenvalue weighted by Gasteiger charge is 2.17. The maximum absolute atomic E-state index is 9.82. The lowest BCUT2D eigenvalue weighted by molar-refractivity contribution is 0.173. The first-order chi connectivity index (χ1) is 9.28. The Balaban J connectivity index is 1.77. The van der Waals surface area contributed by atoms with Gasteiger partial charge in [-0.1, -0.05) is 19.1 Å². The van der Waals surface area contributed by atoms with E-state index in [9.17, 15) is 5.11 Å². The first-order valence-electron chi connectivity index (χ1n) is 6.86. The summed E-state index contributed by atoms with van der Waals surface area (Å²) in [5.41, 5.74) is 3.73. The molecule has 0 aliphatic carbocycles. The molecule has 1 N–H and O–H groups in total. The molecule has 0 spiro atoms. The van der Waals surface area contributed by atoms with E-state index in [1.165, 1.54) is 16.1 Å². The van der Waals surface area contributed by atoms with Gasteiger partial charge >= 0.3 is 0 Å². The van der Waals surface area contributed by atoms with Crippen molar-refractivity contribution in [2.45, 2.75) is 32.4 Å². The van der Waals surface area contributed by atoms with Gasteiger partial charge in [-0.15, -0.1) is 11.3 Å². The number of thiophene rings is 1. The maximum Gasteiger partial charge on any atom is 0.0787 e. The molecule has 0 saturated heterocycles. The molecular formula is C16H19NOS. The molecule has 1 atom stereocenters. The summed E-state index contributed by atoms with van der Waals surface area (Å²) in [7, 11) is 0. The van der Waals surface area contributed by atoms with Gasteiger partial charge in [-0.3, -0.25) is 0 Å². The summed E-state index contributed by atoms with van der Waals surface area (Å²) in [6.45, 7) is 4.10. The van der Waals surface area contributed by atoms with Crippen LogP contribution >= 0.6 is 11.3 Å². The molecule has 100 valence electrons. The van der Waals surface area contributed by atoms with Crippen LogP contribution in [-0.4, -0.2) is 11.7 Å². The number of aliphatic hydroxyl groups excluding tert-OH is 1. The maximum atomic E-state index is 9.82. The van der Waals surface area contributed by atoms with E-state index >= 15 is 0 Å². The second-order valence-electron chi connectivity index (χ2n) is 5.06. The third kappa shape index (κ3) is 2.53. The van der Waals surface area contributed by atoms with Crippen molar-refractivity contribution in [1.82, 2.24) is 0 Å². The lowest BCUT2D eigenvalue weighted by atomic mass is 10.1. The number of fused-ring (bicyclic) bond motifs is 1. The Bertz CT molecular complexity index is 546. The zero-order valence-electron chi connectivity index (χ0n) is 11.2. The second-order valence-corrected chi connectivity index (χ2v) is 6.06. The predicted octanol–water partition coefficient (Wildman–Crippen LogP) is 3.75. The summed E-state index contributed by atoms with van der Waals surface area (Å²) < 4.78 is 0.